The Labute approximate surface area is 92.1 Å². The van der Waals surface area contributed by atoms with Crippen molar-refractivity contribution in [3.8, 4) is 0 Å². The molecule has 2 nitrogen and oxygen atoms in total. The maximum absolute atomic E-state index is 5.64. The van der Waals surface area contributed by atoms with Crippen molar-refractivity contribution in [3.63, 3.8) is 0 Å². The van der Waals surface area contributed by atoms with E-state index in [0.29, 0.717) is 0 Å². The minimum atomic E-state index is 0.737. The zero-order valence-electron chi connectivity index (χ0n) is 9.45. The van der Waals surface area contributed by atoms with Crippen molar-refractivity contribution in [1.82, 2.24) is 0 Å². The SMILES string of the molecule is CC1CCN(c2ccccc2CCN)C1. The first-order chi connectivity index (χ1) is 7.31. The Morgan fingerprint density at radius 2 is 2.20 bits per heavy atom. The van der Waals surface area contributed by atoms with E-state index >= 15 is 0 Å². The quantitative estimate of drug-likeness (QED) is 0.816. The summed E-state index contributed by atoms with van der Waals surface area (Å²) in [7, 11) is 0. The lowest BCUT2D eigenvalue weighted by molar-refractivity contribution is 0.659. The Morgan fingerprint density at radius 3 is 2.87 bits per heavy atom. The van der Waals surface area contributed by atoms with Crippen molar-refractivity contribution in [1.29, 1.82) is 0 Å². The first kappa shape index (κ1) is 10.5. The maximum Gasteiger partial charge on any atom is 0.0399 e. The highest BCUT2D eigenvalue weighted by Gasteiger charge is 2.20. The van der Waals surface area contributed by atoms with Crippen molar-refractivity contribution in [3.05, 3.63) is 29.8 Å². The molecule has 0 saturated carbocycles. The second-order valence-corrected chi connectivity index (χ2v) is 4.51. The summed E-state index contributed by atoms with van der Waals surface area (Å²) in [6.45, 7) is 5.45. The van der Waals surface area contributed by atoms with Crippen LogP contribution < -0.4 is 10.6 Å². The summed E-state index contributed by atoms with van der Waals surface area (Å²) in [5, 5.41) is 0. The highest BCUT2D eigenvalue weighted by Crippen LogP contribution is 2.26. The van der Waals surface area contributed by atoms with Crippen LogP contribution in [0.1, 0.15) is 18.9 Å². The van der Waals surface area contributed by atoms with Crippen LogP contribution in [0.4, 0.5) is 5.69 Å². The average molecular weight is 204 g/mol. The molecule has 1 aliphatic rings. The van der Waals surface area contributed by atoms with Crippen molar-refractivity contribution in [2.45, 2.75) is 19.8 Å². The summed E-state index contributed by atoms with van der Waals surface area (Å²) in [4.78, 5) is 2.50. The highest BCUT2D eigenvalue weighted by atomic mass is 15.1. The van der Waals surface area contributed by atoms with Gasteiger partial charge in [-0.15, -0.1) is 0 Å². The molecule has 0 amide bonds. The van der Waals surface area contributed by atoms with E-state index in [1.807, 2.05) is 0 Å². The van der Waals surface area contributed by atoms with Crippen LogP contribution in [0.15, 0.2) is 24.3 Å². The zero-order valence-corrected chi connectivity index (χ0v) is 9.45. The van der Waals surface area contributed by atoms with E-state index in [0.717, 1.165) is 18.9 Å². The normalized spacial score (nSPS) is 20.9. The highest BCUT2D eigenvalue weighted by molar-refractivity contribution is 5.54. The van der Waals surface area contributed by atoms with Gasteiger partial charge >= 0.3 is 0 Å². The molecule has 0 spiro atoms. The summed E-state index contributed by atoms with van der Waals surface area (Å²) in [6.07, 6.45) is 2.30. The molecule has 1 fully saturated rings. The number of nitrogens with zero attached hydrogens (tertiary/aromatic N) is 1. The lowest BCUT2D eigenvalue weighted by atomic mass is 10.1. The molecular weight excluding hydrogens is 184 g/mol. The first-order valence-corrected chi connectivity index (χ1v) is 5.84. The topological polar surface area (TPSA) is 29.3 Å². The number of para-hydroxylation sites is 1. The molecule has 82 valence electrons. The number of anilines is 1. The number of rotatable bonds is 3. The van der Waals surface area contributed by atoms with Crippen LogP contribution in [0.2, 0.25) is 0 Å². The molecule has 15 heavy (non-hydrogen) atoms. The van der Waals surface area contributed by atoms with Crippen molar-refractivity contribution in [2.75, 3.05) is 24.5 Å². The van der Waals surface area contributed by atoms with Gasteiger partial charge in [0, 0.05) is 18.8 Å². The fraction of sp³-hybridized carbons (Fsp3) is 0.538. The van der Waals surface area contributed by atoms with Crippen molar-refractivity contribution < 1.29 is 0 Å². The summed E-state index contributed by atoms with van der Waals surface area (Å²) >= 11 is 0. The Bertz CT molecular complexity index is 322. The summed E-state index contributed by atoms with van der Waals surface area (Å²) < 4.78 is 0. The number of benzene rings is 1. The van der Waals surface area contributed by atoms with Gasteiger partial charge in [-0.1, -0.05) is 25.1 Å². The Kier molecular flexibility index (Phi) is 3.27. The van der Waals surface area contributed by atoms with Crippen LogP contribution in [0, 0.1) is 5.92 Å². The fourth-order valence-electron chi connectivity index (χ4n) is 2.34. The van der Waals surface area contributed by atoms with Gasteiger partial charge in [-0.2, -0.15) is 0 Å². The van der Waals surface area contributed by atoms with Crippen LogP contribution in [-0.2, 0) is 6.42 Å². The summed E-state index contributed by atoms with van der Waals surface area (Å²) in [6, 6.07) is 8.65. The Morgan fingerprint density at radius 1 is 1.40 bits per heavy atom. The second kappa shape index (κ2) is 4.67. The van der Waals surface area contributed by atoms with Gasteiger partial charge in [-0.25, -0.2) is 0 Å². The number of hydrogen-bond acceptors (Lipinski definition) is 2. The van der Waals surface area contributed by atoms with E-state index in [1.54, 1.807) is 0 Å². The van der Waals surface area contributed by atoms with E-state index in [2.05, 4.69) is 36.1 Å². The van der Waals surface area contributed by atoms with E-state index in [1.165, 1.54) is 30.8 Å². The first-order valence-electron chi connectivity index (χ1n) is 5.84. The van der Waals surface area contributed by atoms with Crippen molar-refractivity contribution in [2.24, 2.45) is 11.7 Å². The van der Waals surface area contributed by atoms with E-state index in [9.17, 15) is 0 Å². The van der Waals surface area contributed by atoms with Gasteiger partial charge in [0.05, 0.1) is 0 Å². The minimum Gasteiger partial charge on any atom is -0.371 e. The molecular formula is C13H20N2. The molecule has 1 saturated heterocycles. The van der Waals surface area contributed by atoms with Gasteiger partial charge in [-0.3, -0.25) is 0 Å². The summed E-state index contributed by atoms with van der Waals surface area (Å²) in [5.74, 6) is 0.830. The molecule has 1 aromatic carbocycles. The van der Waals surface area contributed by atoms with E-state index < -0.39 is 0 Å². The molecule has 1 heterocycles. The van der Waals surface area contributed by atoms with Gasteiger partial charge in [-0.05, 0) is 36.9 Å². The third-order valence-corrected chi connectivity index (χ3v) is 3.17. The van der Waals surface area contributed by atoms with Gasteiger partial charge in [0.15, 0.2) is 0 Å². The number of nitrogens with two attached hydrogens (primary N) is 1. The standard InChI is InChI=1S/C13H20N2/c1-11-7-9-15(10-11)13-5-3-2-4-12(13)6-8-14/h2-5,11H,6-10,14H2,1H3. The smallest absolute Gasteiger partial charge is 0.0399 e. The predicted molar refractivity (Wildman–Crippen MR) is 65.2 cm³/mol. The van der Waals surface area contributed by atoms with Gasteiger partial charge < -0.3 is 10.6 Å². The molecule has 0 aromatic heterocycles. The molecule has 0 bridgehead atoms. The van der Waals surface area contributed by atoms with Gasteiger partial charge in [0.1, 0.15) is 0 Å². The Hall–Kier alpha value is -1.02. The predicted octanol–water partition coefficient (Wildman–Crippen LogP) is 2.03. The lowest BCUT2D eigenvalue weighted by Crippen LogP contribution is -2.21. The molecule has 1 aliphatic heterocycles. The van der Waals surface area contributed by atoms with Crippen LogP contribution in [0.5, 0.6) is 0 Å². The molecule has 2 N–H and O–H groups in total. The average Bonchev–Trinajstić information content (AvgIpc) is 2.66. The van der Waals surface area contributed by atoms with Gasteiger partial charge in [0.2, 0.25) is 0 Å². The molecule has 2 heteroatoms. The van der Waals surface area contributed by atoms with E-state index in [4.69, 9.17) is 5.73 Å². The molecule has 0 aliphatic carbocycles. The second-order valence-electron chi connectivity index (χ2n) is 4.51. The third kappa shape index (κ3) is 2.32. The number of hydrogen-bond donors (Lipinski definition) is 1. The van der Waals surface area contributed by atoms with E-state index in [-0.39, 0.29) is 0 Å². The van der Waals surface area contributed by atoms with Crippen LogP contribution >= 0.6 is 0 Å². The molecule has 2 rings (SSSR count). The molecule has 1 aromatic rings. The van der Waals surface area contributed by atoms with Crippen LogP contribution in [-0.4, -0.2) is 19.6 Å². The monoisotopic (exact) mass is 204 g/mol. The summed E-state index contributed by atoms with van der Waals surface area (Å²) in [5.41, 5.74) is 8.43. The minimum absolute atomic E-state index is 0.737. The third-order valence-electron chi connectivity index (χ3n) is 3.17. The van der Waals surface area contributed by atoms with Crippen LogP contribution in [0.25, 0.3) is 0 Å². The maximum atomic E-state index is 5.64. The molecule has 1 atom stereocenters. The lowest BCUT2D eigenvalue weighted by Gasteiger charge is -2.21. The fourth-order valence-corrected chi connectivity index (χ4v) is 2.34. The molecule has 0 radical (unpaired) electrons. The van der Waals surface area contributed by atoms with Gasteiger partial charge in [0.25, 0.3) is 0 Å². The molecule has 1 unspecified atom stereocenters. The zero-order chi connectivity index (χ0) is 10.7. The van der Waals surface area contributed by atoms with Crippen molar-refractivity contribution >= 4 is 5.69 Å². The Balaban J connectivity index is 2.19. The largest absolute Gasteiger partial charge is 0.371 e. The van der Waals surface area contributed by atoms with Crippen LogP contribution in [0.3, 0.4) is 0 Å².